The Hall–Kier alpha value is -2.45. The quantitative estimate of drug-likeness (QED) is 0.325. The molecule has 1 aromatic rings. The lowest BCUT2D eigenvalue weighted by molar-refractivity contribution is -0.121. The van der Waals surface area contributed by atoms with Crippen molar-refractivity contribution in [3.63, 3.8) is 0 Å². The lowest BCUT2D eigenvalue weighted by Crippen LogP contribution is -2.23. The molecule has 1 aliphatic heterocycles. The van der Waals surface area contributed by atoms with Gasteiger partial charge in [0, 0.05) is 37.1 Å². The van der Waals surface area contributed by atoms with Crippen molar-refractivity contribution in [2.45, 2.75) is 77.2 Å². The summed E-state index contributed by atoms with van der Waals surface area (Å²) >= 11 is 0. The van der Waals surface area contributed by atoms with Gasteiger partial charge in [0.25, 0.3) is 0 Å². The number of fused-ring (bicyclic) bond motifs is 1. The average molecular weight is 494 g/mol. The molecule has 1 aromatic heterocycles. The smallest absolute Gasteiger partial charge is 0.418 e. The number of hydrogen-bond donors (Lipinski definition) is 1. The monoisotopic (exact) mass is 493 g/mol. The Morgan fingerprint density at radius 3 is 2.74 bits per heavy atom. The lowest BCUT2D eigenvalue weighted by Gasteiger charge is -2.25. The van der Waals surface area contributed by atoms with Gasteiger partial charge in [0.1, 0.15) is 5.78 Å². The van der Waals surface area contributed by atoms with Crippen LogP contribution in [0.4, 0.5) is 13.2 Å². The molecule has 8 heteroatoms. The number of carbonyl (C=O) groups is 1. The molecule has 2 heterocycles. The fourth-order valence-electron chi connectivity index (χ4n) is 4.64. The zero-order valence-electron chi connectivity index (χ0n) is 20.3. The number of methoxy groups -OCH3 is 1. The molecular weight excluding hydrogens is 459 g/mol. The average Bonchev–Trinajstić information content (AvgIpc) is 3.33. The summed E-state index contributed by atoms with van der Waals surface area (Å²) in [7, 11) is 1.46. The highest BCUT2D eigenvalue weighted by atomic mass is 19.4. The number of hydrogen-bond acceptors (Lipinski definition) is 5. The summed E-state index contributed by atoms with van der Waals surface area (Å²) in [6.45, 7) is 2.08. The van der Waals surface area contributed by atoms with Gasteiger partial charge in [-0.3, -0.25) is 9.79 Å². The van der Waals surface area contributed by atoms with Crippen molar-refractivity contribution in [1.29, 1.82) is 0 Å². The Morgan fingerprint density at radius 1 is 1.31 bits per heavy atom. The van der Waals surface area contributed by atoms with Crippen LogP contribution in [-0.2, 0) is 9.53 Å². The van der Waals surface area contributed by atoms with Crippen molar-refractivity contribution < 1.29 is 32.2 Å². The highest BCUT2D eigenvalue weighted by Crippen LogP contribution is 2.39. The number of aliphatic hydroxyl groups is 1. The minimum atomic E-state index is -4.58. The van der Waals surface area contributed by atoms with Crippen LogP contribution in [0, 0.1) is 11.8 Å². The largest absolute Gasteiger partial charge is 0.472 e. The standard InChI is InChI=1S/C27H34F3NO4/c1-3-4-6-19(26(33)34-2)7-5-8-23(32)16-22-13-18-9-10-20(21-11-12-35-17-21)15-24(27(28,29)30)25(14-18)31-22/h10-12,14-15,17-19,26,33H,3-9,13,16H2,1-2H3/b20-10?,24-15+. The molecule has 1 aliphatic carbocycles. The van der Waals surface area contributed by atoms with Crippen LogP contribution in [0.25, 0.3) is 5.57 Å². The van der Waals surface area contributed by atoms with Gasteiger partial charge in [0.15, 0.2) is 6.29 Å². The van der Waals surface area contributed by atoms with Crippen LogP contribution in [0.5, 0.6) is 0 Å². The van der Waals surface area contributed by atoms with E-state index in [9.17, 15) is 23.1 Å². The summed E-state index contributed by atoms with van der Waals surface area (Å²) in [6.07, 6.45) is 7.29. The van der Waals surface area contributed by atoms with Crippen LogP contribution in [0.15, 0.2) is 57.5 Å². The Kier molecular flexibility index (Phi) is 9.69. The van der Waals surface area contributed by atoms with E-state index >= 15 is 0 Å². The first-order valence-electron chi connectivity index (χ1n) is 12.2. The van der Waals surface area contributed by atoms with E-state index in [-0.39, 0.29) is 29.7 Å². The molecule has 1 N–H and O–H groups in total. The molecule has 0 radical (unpaired) electrons. The second kappa shape index (κ2) is 12.5. The first kappa shape index (κ1) is 27.1. The summed E-state index contributed by atoms with van der Waals surface area (Å²) < 4.78 is 51.9. The number of alkyl halides is 3. The van der Waals surface area contributed by atoms with E-state index in [1.165, 1.54) is 19.6 Å². The van der Waals surface area contributed by atoms with Crippen molar-refractivity contribution in [2.24, 2.45) is 16.8 Å². The normalized spacial score (nSPS) is 21.6. The third-order valence-corrected chi connectivity index (χ3v) is 6.55. The number of halogens is 3. The second-order valence-electron chi connectivity index (χ2n) is 9.29. The van der Waals surface area contributed by atoms with Gasteiger partial charge in [-0.1, -0.05) is 31.9 Å². The Bertz CT molecular complexity index is 973. The van der Waals surface area contributed by atoms with E-state index < -0.39 is 18.0 Å². The van der Waals surface area contributed by atoms with Gasteiger partial charge in [-0.25, -0.2) is 0 Å². The van der Waals surface area contributed by atoms with Crippen LogP contribution in [0.2, 0.25) is 0 Å². The van der Waals surface area contributed by atoms with Crippen LogP contribution >= 0.6 is 0 Å². The molecule has 0 fully saturated rings. The highest BCUT2D eigenvalue weighted by molar-refractivity contribution is 6.03. The van der Waals surface area contributed by atoms with E-state index in [0.29, 0.717) is 49.0 Å². The molecule has 0 aromatic carbocycles. The third kappa shape index (κ3) is 7.77. The SMILES string of the molecule is CCCCC(CCCC(=O)CC1=NC2=CC(CC=C(c3ccoc3)/C=C\2C(F)(F)F)C1)C(O)OC. The Labute approximate surface area is 204 Å². The molecule has 0 amide bonds. The third-order valence-electron chi connectivity index (χ3n) is 6.55. The van der Waals surface area contributed by atoms with E-state index in [1.807, 2.05) is 0 Å². The van der Waals surface area contributed by atoms with Gasteiger partial charge in [0.05, 0.1) is 23.8 Å². The van der Waals surface area contributed by atoms with Crippen molar-refractivity contribution >= 4 is 17.1 Å². The predicted molar refractivity (Wildman–Crippen MR) is 129 cm³/mol. The summed E-state index contributed by atoms with van der Waals surface area (Å²) in [6, 6.07) is 1.63. The summed E-state index contributed by atoms with van der Waals surface area (Å²) in [5.41, 5.74) is 0.599. The van der Waals surface area contributed by atoms with Crippen molar-refractivity contribution in [2.75, 3.05) is 7.11 Å². The molecule has 3 rings (SSSR count). The van der Waals surface area contributed by atoms with Crippen LogP contribution in [0.1, 0.15) is 70.3 Å². The molecule has 3 unspecified atom stereocenters. The fourth-order valence-corrected chi connectivity index (χ4v) is 4.64. The topological polar surface area (TPSA) is 72.0 Å². The Morgan fingerprint density at radius 2 is 2.09 bits per heavy atom. The van der Waals surface area contributed by atoms with Crippen molar-refractivity contribution in [3.8, 4) is 0 Å². The number of ketones is 1. The number of Topliss-reactive ketones (excluding diaryl/α,β-unsaturated/α-hetero) is 1. The van der Waals surface area contributed by atoms with Crippen LogP contribution in [-0.4, -0.2) is 36.2 Å². The molecular formula is C27H34F3NO4. The second-order valence-corrected chi connectivity index (χ2v) is 9.29. The number of aliphatic imine (C=N–C) groups is 1. The number of nitrogens with zero attached hydrogens (tertiary/aromatic N) is 1. The van der Waals surface area contributed by atoms with Crippen molar-refractivity contribution in [3.05, 3.63) is 53.7 Å². The maximum atomic E-state index is 13.9. The molecule has 3 atom stereocenters. The number of rotatable bonds is 12. The summed E-state index contributed by atoms with van der Waals surface area (Å²) in [5, 5.41) is 10.0. The molecule has 192 valence electrons. The first-order valence-corrected chi connectivity index (χ1v) is 12.2. The molecule has 0 saturated carbocycles. The van der Waals surface area contributed by atoms with Gasteiger partial charge >= 0.3 is 6.18 Å². The first-order chi connectivity index (χ1) is 16.7. The van der Waals surface area contributed by atoms with Gasteiger partial charge in [-0.2, -0.15) is 13.2 Å². The molecule has 0 spiro atoms. The number of allylic oxidation sites excluding steroid dienone is 5. The Balaban J connectivity index is 1.67. The molecule has 2 bridgehead atoms. The number of furan rings is 1. The number of ether oxygens (including phenoxy) is 1. The van der Waals surface area contributed by atoms with Gasteiger partial charge < -0.3 is 14.3 Å². The number of aliphatic hydroxyl groups excluding tert-OH is 1. The van der Waals surface area contributed by atoms with E-state index in [1.54, 1.807) is 18.2 Å². The van der Waals surface area contributed by atoms with E-state index in [0.717, 1.165) is 25.3 Å². The minimum Gasteiger partial charge on any atom is -0.472 e. The van der Waals surface area contributed by atoms with Gasteiger partial charge in [0.2, 0.25) is 0 Å². The van der Waals surface area contributed by atoms with Crippen LogP contribution in [0.3, 0.4) is 0 Å². The maximum Gasteiger partial charge on any atom is 0.418 e. The molecule has 5 nitrogen and oxygen atoms in total. The lowest BCUT2D eigenvalue weighted by atomic mass is 9.86. The molecule has 35 heavy (non-hydrogen) atoms. The minimum absolute atomic E-state index is 0.0350. The highest BCUT2D eigenvalue weighted by Gasteiger charge is 2.38. The zero-order valence-corrected chi connectivity index (χ0v) is 20.3. The van der Waals surface area contributed by atoms with Gasteiger partial charge in [-0.05, 0) is 55.7 Å². The number of carbonyl (C=O) groups excluding carboxylic acids is 1. The summed E-state index contributed by atoms with van der Waals surface area (Å²) in [5.74, 6) is -0.241. The van der Waals surface area contributed by atoms with Gasteiger partial charge in [-0.15, -0.1) is 0 Å². The van der Waals surface area contributed by atoms with E-state index in [2.05, 4.69) is 11.9 Å². The van der Waals surface area contributed by atoms with Crippen molar-refractivity contribution in [1.82, 2.24) is 0 Å². The van der Waals surface area contributed by atoms with Crippen LogP contribution < -0.4 is 0 Å². The maximum absolute atomic E-state index is 13.9. The zero-order chi connectivity index (χ0) is 25.4. The molecule has 0 saturated heterocycles. The molecule has 2 aliphatic rings. The van der Waals surface area contributed by atoms with E-state index in [4.69, 9.17) is 9.15 Å². The predicted octanol–water partition coefficient (Wildman–Crippen LogP) is 6.80. The fraction of sp³-hybridized carbons (Fsp3) is 0.556. The summed E-state index contributed by atoms with van der Waals surface area (Å²) in [4.78, 5) is 16.9. The number of unbranched alkanes of at least 4 members (excludes halogenated alkanes) is 1.